The average molecular weight is 455 g/mol. The van der Waals surface area contributed by atoms with Crippen LogP contribution in [-0.4, -0.2) is 47.2 Å². The average Bonchev–Trinajstić information content (AvgIpc) is 2.72. The molecule has 1 atom stereocenters. The highest BCUT2D eigenvalue weighted by Gasteiger charge is 2.16. The highest BCUT2D eigenvalue weighted by molar-refractivity contribution is 7.89. The molecule has 164 valence electrons. The van der Waals surface area contributed by atoms with Crippen LogP contribution in [0.4, 0.5) is 0 Å². The number of rotatable bonds is 12. The molecule has 0 heterocycles. The van der Waals surface area contributed by atoms with Crippen LogP contribution in [0.15, 0.2) is 53.4 Å². The SMILES string of the molecule is COCCNS(=O)(=O)c1ccc(OCC(=O)N[C@@H](C)CCc2ccccc2)c(Cl)c1. The first kappa shape index (κ1) is 24.1. The lowest BCUT2D eigenvalue weighted by Crippen LogP contribution is -2.36. The fraction of sp³-hybridized carbons (Fsp3) is 0.381. The number of ether oxygens (including phenoxy) is 2. The van der Waals surface area contributed by atoms with E-state index >= 15 is 0 Å². The molecule has 0 aliphatic heterocycles. The smallest absolute Gasteiger partial charge is 0.258 e. The summed E-state index contributed by atoms with van der Waals surface area (Å²) in [5.74, 6) is -0.0378. The van der Waals surface area contributed by atoms with Gasteiger partial charge < -0.3 is 14.8 Å². The van der Waals surface area contributed by atoms with Gasteiger partial charge in [-0.1, -0.05) is 41.9 Å². The van der Waals surface area contributed by atoms with Crippen molar-refractivity contribution in [3.05, 3.63) is 59.1 Å². The Morgan fingerprint density at radius 3 is 2.57 bits per heavy atom. The first-order chi connectivity index (χ1) is 14.3. The quantitative estimate of drug-likeness (QED) is 0.481. The fourth-order valence-electron chi connectivity index (χ4n) is 2.69. The molecule has 2 rings (SSSR count). The molecule has 9 heteroatoms. The summed E-state index contributed by atoms with van der Waals surface area (Å²) in [5.41, 5.74) is 1.22. The Bertz CT molecular complexity index is 922. The van der Waals surface area contributed by atoms with Crippen molar-refractivity contribution in [2.45, 2.75) is 30.7 Å². The third-order valence-electron chi connectivity index (χ3n) is 4.29. The van der Waals surface area contributed by atoms with Crippen LogP contribution >= 0.6 is 11.6 Å². The molecule has 0 unspecified atom stereocenters. The normalized spacial score (nSPS) is 12.4. The second-order valence-electron chi connectivity index (χ2n) is 6.76. The molecule has 0 radical (unpaired) electrons. The van der Waals surface area contributed by atoms with Crippen LogP contribution in [0.2, 0.25) is 5.02 Å². The third kappa shape index (κ3) is 7.95. The van der Waals surface area contributed by atoms with E-state index in [1.165, 1.54) is 30.9 Å². The molecule has 2 aromatic rings. The maximum absolute atomic E-state index is 12.2. The zero-order chi connectivity index (χ0) is 22.0. The second kappa shape index (κ2) is 11.9. The highest BCUT2D eigenvalue weighted by atomic mass is 35.5. The lowest BCUT2D eigenvalue weighted by molar-refractivity contribution is -0.123. The van der Waals surface area contributed by atoms with Gasteiger partial charge in [0.25, 0.3) is 5.91 Å². The Kier molecular flexibility index (Phi) is 9.58. The number of methoxy groups -OCH3 is 1. The third-order valence-corrected chi connectivity index (χ3v) is 6.04. The maximum Gasteiger partial charge on any atom is 0.258 e. The number of hydrogen-bond donors (Lipinski definition) is 2. The molecule has 0 aliphatic carbocycles. The topological polar surface area (TPSA) is 93.7 Å². The highest BCUT2D eigenvalue weighted by Crippen LogP contribution is 2.27. The molecule has 1 amide bonds. The Hall–Kier alpha value is -2.13. The molecule has 0 saturated heterocycles. The van der Waals surface area contributed by atoms with E-state index in [0.29, 0.717) is 0 Å². The Labute approximate surface area is 182 Å². The van der Waals surface area contributed by atoms with Gasteiger partial charge in [-0.05, 0) is 43.5 Å². The summed E-state index contributed by atoms with van der Waals surface area (Å²) in [4.78, 5) is 12.1. The lowest BCUT2D eigenvalue weighted by atomic mass is 10.1. The van der Waals surface area contributed by atoms with Crippen molar-refractivity contribution in [2.24, 2.45) is 0 Å². The summed E-state index contributed by atoms with van der Waals surface area (Å²) >= 11 is 6.13. The van der Waals surface area contributed by atoms with Crippen molar-refractivity contribution in [2.75, 3.05) is 26.9 Å². The molecule has 7 nitrogen and oxygen atoms in total. The van der Waals surface area contributed by atoms with Crippen LogP contribution in [0.1, 0.15) is 18.9 Å². The van der Waals surface area contributed by atoms with E-state index in [2.05, 4.69) is 22.2 Å². The van der Waals surface area contributed by atoms with Gasteiger partial charge in [-0.2, -0.15) is 0 Å². The summed E-state index contributed by atoms with van der Waals surface area (Å²) in [6.45, 7) is 2.13. The predicted octanol–water partition coefficient (Wildman–Crippen LogP) is 2.78. The number of carbonyl (C=O) groups excluding carboxylic acids is 1. The minimum Gasteiger partial charge on any atom is -0.482 e. The molecule has 2 N–H and O–H groups in total. The number of aryl methyl sites for hydroxylation is 1. The number of benzene rings is 2. The van der Waals surface area contributed by atoms with Crippen LogP contribution in [0.5, 0.6) is 5.75 Å². The minimum absolute atomic E-state index is 0.00920. The zero-order valence-electron chi connectivity index (χ0n) is 17.1. The van der Waals surface area contributed by atoms with Gasteiger partial charge in [0.05, 0.1) is 16.5 Å². The molecular formula is C21H27ClN2O5S. The van der Waals surface area contributed by atoms with E-state index < -0.39 is 10.0 Å². The van der Waals surface area contributed by atoms with Crippen molar-refractivity contribution in [3.63, 3.8) is 0 Å². The van der Waals surface area contributed by atoms with Crippen molar-refractivity contribution in [1.82, 2.24) is 10.0 Å². The van der Waals surface area contributed by atoms with Gasteiger partial charge >= 0.3 is 0 Å². The molecule has 0 saturated carbocycles. The number of carbonyl (C=O) groups is 1. The number of halogens is 1. The molecule has 0 aromatic heterocycles. The summed E-state index contributed by atoms with van der Waals surface area (Å²) in [5, 5.41) is 2.99. The van der Waals surface area contributed by atoms with Gasteiger partial charge in [-0.15, -0.1) is 0 Å². The van der Waals surface area contributed by atoms with Crippen molar-refractivity contribution < 1.29 is 22.7 Å². The Morgan fingerprint density at radius 1 is 1.17 bits per heavy atom. The summed E-state index contributed by atoms with van der Waals surface area (Å²) in [6.07, 6.45) is 1.67. The van der Waals surface area contributed by atoms with Crippen LogP contribution in [0.25, 0.3) is 0 Å². The van der Waals surface area contributed by atoms with Gasteiger partial charge in [0.15, 0.2) is 6.61 Å². The van der Waals surface area contributed by atoms with Crippen molar-refractivity contribution >= 4 is 27.5 Å². The number of sulfonamides is 1. The predicted molar refractivity (Wildman–Crippen MR) is 116 cm³/mol. The maximum atomic E-state index is 12.2. The van der Waals surface area contributed by atoms with Crippen LogP contribution in [-0.2, 0) is 26.0 Å². The standard InChI is InChI=1S/C21H27ClN2O5S/c1-16(8-9-17-6-4-3-5-7-17)24-21(25)15-29-20-11-10-18(14-19(20)22)30(26,27)23-12-13-28-2/h3-7,10-11,14,16,23H,8-9,12-13,15H2,1-2H3,(H,24,25)/t16-/m0/s1. The van der Waals surface area contributed by atoms with Gasteiger partial charge in [-0.3, -0.25) is 4.79 Å². The fourth-order valence-corrected chi connectivity index (χ4v) is 4.03. The van der Waals surface area contributed by atoms with Gasteiger partial charge in [0, 0.05) is 19.7 Å². The molecule has 0 fully saturated rings. The summed E-state index contributed by atoms with van der Waals surface area (Å²) < 4.78 is 37.1. The Morgan fingerprint density at radius 2 is 1.90 bits per heavy atom. The zero-order valence-corrected chi connectivity index (χ0v) is 18.6. The monoisotopic (exact) mass is 454 g/mol. The van der Waals surface area contributed by atoms with Crippen molar-refractivity contribution in [3.8, 4) is 5.75 Å². The van der Waals surface area contributed by atoms with E-state index in [9.17, 15) is 13.2 Å². The summed E-state index contributed by atoms with van der Waals surface area (Å²) in [7, 11) is -2.21. The van der Waals surface area contributed by atoms with E-state index in [0.717, 1.165) is 12.8 Å². The first-order valence-corrected chi connectivity index (χ1v) is 11.4. The lowest BCUT2D eigenvalue weighted by Gasteiger charge is -2.15. The van der Waals surface area contributed by atoms with E-state index in [-0.39, 0.29) is 47.4 Å². The molecule has 30 heavy (non-hydrogen) atoms. The van der Waals surface area contributed by atoms with E-state index in [4.69, 9.17) is 21.1 Å². The van der Waals surface area contributed by atoms with Crippen LogP contribution in [0, 0.1) is 0 Å². The number of amides is 1. The first-order valence-electron chi connectivity index (χ1n) is 9.56. The largest absolute Gasteiger partial charge is 0.482 e. The van der Waals surface area contributed by atoms with E-state index in [1.807, 2.05) is 25.1 Å². The second-order valence-corrected chi connectivity index (χ2v) is 8.94. The minimum atomic E-state index is -3.70. The van der Waals surface area contributed by atoms with Crippen LogP contribution in [0.3, 0.4) is 0 Å². The van der Waals surface area contributed by atoms with Gasteiger partial charge in [0.1, 0.15) is 5.75 Å². The molecule has 0 bridgehead atoms. The molecular weight excluding hydrogens is 428 g/mol. The molecule has 2 aromatic carbocycles. The Balaban J connectivity index is 1.82. The van der Waals surface area contributed by atoms with Crippen LogP contribution < -0.4 is 14.8 Å². The number of hydrogen-bond acceptors (Lipinski definition) is 5. The molecule has 0 spiro atoms. The van der Waals surface area contributed by atoms with Gasteiger partial charge in [-0.25, -0.2) is 13.1 Å². The summed E-state index contributed by atoms with van der Waals surface area (Å²) in [6, 6.07) is 14.1. The van der Waals surface area contributed by atoms with Gasteiger partial charge in [0.2, 0.25) is 10.0 Å². The van der Waals surface area contributed by atoms with E-state index in [1.54, 1.807) is 0 Å². The molecule has 0 aliphatic rings. The van der Waals surface area contributed by atoms with Crippen molar-refractivity contribution in [1.29, 1.82) is 0 Å². The number of nitrogens with one attached hydrogen (secondary N) is 2.